The van der Waals surface area contributed by atoms with Crippen molar-refractivity contribution in [3.63, 3.8) is 0 Å². The number of amides is 1. The van der Waals surface area contributed by atoms with Gasteiger partial charge in [-0.1, -0.05) is 12.1 Å². The maximum atomic E-state index is 12.2. The molecule has 2 aromatic rings. The molecule has 5 heteroatoms. The fraction of sp³-hybridized carbons (Fsp3) is 0.278. The van der Waals surface area contributed by atoms with Crippen molar-refractivity contribution in [1.82, 2.24) is 0 Å². The van der Waals surface area contributed by atoms with Crippen LogP contribution in [0.4, 0.5) is 5.69 Å². The van der Waals surface area contributed by atoms with E-state index < -0.39 is 0 Å². The monoisotopic (exact) mass is 425 g/mol. The number of hydrogen-bond acceptors (Lipinski definition) is 3. The lowest BCUT2D eigenvalue weighted by Crippen LogP contribution is -2.13. The van der Waals surface area contributed by atoms with E-state index >= 15 is 0 Å². The highest BCUT2D eigenvalue weighted by Gasteiger charge is 2.12. The average molecular weight is 425 g/mol. The van der Waals surface area contributed by atoms with Crippen LogP contribution in [0.1, 0.15) is 17.5 Å². The molecule has 2 rings (SSSR count). The van der Waals surface area contributed by atoms with Gasteiger partial charge in [-0.05, 0) is 71.3 Å². The molecule has 0 spiro atoms. The third-order valence-electron chi connectivity index (χ3n) is 3.57. The molecule has 0 saturated carbocycles. The molecular weight excluding hydrogens is 405 g/mol. The summed E-state index contributed by atoms with van der Waals surface area (Å²) in [5.74, 6) is 1.35. The molecule has 0 radical (unpaired) electrons. The fourth-order valence-electron chi connectivity index (χ4n) is 2.38. The van der Waals surface area contributed by atoms with Crippen molar-refractivity contribution in [3.05, 3.63) is 51.1 Å². The van der Waals surface area contributed by atoms with Gasteiger partial charge in [0.2, 0.25) is 5.91 Å². The molecule has 0 aliphatic rings. The number of hydrogen-bond donors (Lipinski definition) is 1. The van der Waals surface area contributed by atoms with Crippen LogP contribution in [-0.4, -0.2) is 20.1 Å². The van der Waals surface area contributed by atoms with Gasteiger partial charge in [0.1, 0.15) is 0 Å². The van der Waals surface area contributed by atoms with Crippen LogP contribution in [0.2, 0.25) is 0 Å². The van der Waals surface area contributed by atoms with E-state index in [0.717, 1.165) is 20.4 Å². The van der Waals surface area contributed by atoms with Crippen LogP contribution < -0.4 is 14.8 Å². The van der Waals surface area contributed by atoms with Gasteiger partial charge in [0.05, 0.1) is 14.2 Å². The molecule has 1 amide bonds. The standard InChI is InChI=1S/C18H20INO3/c1-12-11-14(19)8-9-15(12)20-17(21)10-7-13-5-4-6-16(22-2)18(13)23-3/h4-6,8-9,11H,7,10H2,1-3H3,(H,20,21). The summed E-state index contributed by atoms with van der Waals surface area (Å²) in [5.41, 5.74) is 2.87. The minimum Gasteiger partial charge on any atom is -0.493 e. The van der Waals surface area contributed by atoms with E-state index in [2.05, 4.69) is 27.9 Å². The van der Waals surface area contributed by atoms with E-state index in [0.29, 0.717) is 24.3 Å². The van der Waals surface area contributed by atoms with Crippen molar-refractivity contribution in [2.75, 3.05) is 19.5 Å². The van der Waals surface area contributed by atoms with Crippen LogP contribution in [-0.2, 0) is 11.2 Å². The van der Waals surface area contributed by atoms with Crippen LogP contribution in [0.25, 0.3) is 0 Å². The number of para-hydroxylation sites is 1. The van der Waals surface area contributed by atoms with Crippen molar-refractivity contribution < 1.29 is 14.3 Å². The first-order valence-electron chi connectivity index (χ1n) is 7.31. The Hall–Kier alpha value is -1.76. The van der Waals surface area contributed by atoms with Crippen molar-refractivity contribution in [2.24, 2.45) is 0 Å². The van der Waals surface area contributed by atoms with Gasteiger partial charge in [0.15, 0.2) is 11.5 Å². The maximum Gasteiger partial charge on any atom is 0.224 e. The van der Waals surface area contributed by atoms with Gasteiger partial charge < -0.3 is 14.8 Å². The van der Waals surface area contributed by atoms with Crippen molar-refractivity contribution in [2.45, 2.75) is 19.8 Å². The Morgan fingerprint density at radius 1 is 1.17 bits per heavy atom. The van der Waals surface area contributed by atoms with Gasteiger partial charge in [0, 0.05) is 15.7 Å². The second-order valence-electron chi connectivity index (χ2n) is 5.16. The normalized spacial score (nSPS) is 10.3. The van der Waals surface area contributed by atoms with Crippen LogP contribution in [0, 0.1) is 10.5 Å². The summed E-state index contributed by atoms with van der Waals surface area (Å²) in [5, 5.41) is 2.96. The molecule has 0 bridgehead atoms. The molecule has 23 heavy (non-hydrogen) atoms. The number of ether oxygens (including phenoxy) is 2. The highest BCUT2D eigenvalue weighted by atomic mass is 127. The fourth-order valence-corrected chi connectivity index (χ4v) is 3.03. The van der Waals surface area contributed by atoms with Gasteiger partial charge >= 0.3 is 0 Å². The highest BCUT2D eigenvalue weighted by Crippen LogP contribution is 2.31. The first kappa shape index (κ1) is 17.6. The first-order chi connectivity index (χ1) is 11.0. The third kappa shape index (κ3) is 4.60. The van der Waals surface area contributed by atoms with Crippen molar-refractivity contribution in [3.8, 4) is 11.5 Å². The number of methoxy groups -OCH3 is 2. The molecular formula is C18H20INO3. The number of carbonyl (C=O) groups excluding carboxylic acids is 1. The SMILES string of the molecule is COc1cccc(CCC(=O)Nc2ccc(I)cc2C)c1OC. The summed E-state index contributed by atoms with van der Waals surface area (Å²) >= 11 is 2.26. The number of halogens is 1. The van der Waals surface area contributed by atoms with Gasteiger partial charge in [-0.2, -0.15) is 0 Å². The zero-order chi connectivity index (χ0) is 16.8. The number of rotatable bonds is 6. The Bertz CT molecular complexity index is 701. The van der Waals surface area contributed by atoms with Crippen molar-refractivity contribution in [1.29, 1.82) is 0 Å². The molecule has 0 aliphatic carbocycles. The van der Waals surface area contributed by atoms with Gasteiger partial charge in [-0.25, -0.2) is 0 Å². The Labute approximate surface area is 150 Å². The molecule has 1 N–H and O–H groups in total. The summed E-state index contributed by atoms with van der Waals surface area (Å²) in [6.45, 7) is 1.99. The van der Waals surface area contributed by atoms with Gasteiger partial charge in [-0.15, -0.1) is 0 Å². The molecule has 0 heterocycles. The zero-order valence-electron chi connectivity index (χ0n) is 13.5. The minimum absolute atomic E-state index is 0.0146. The third-order valence-corrected chi connectivity index (χ3v) is 4.24. The molecule has 0 aromatic heterocycles. The highest BCUT2D eigenvalue weighted by molar-refractivity contribution is 14.1. The maximum absolute atomic E-state index is 12.2. The van der Waals surface area contributed by atoms with E-state index in [-0.39, 0.29) is 5.91 Å². The lowest BCUT2D eigenvalue weighted by molar-refractivity contribution is -0.116. The van der Waals surface area contributed by atoms with Crippen LogP contribution in [0.15, 0.2) is 36.4 Å². The number of aryl methyl sites for hydroxylation is 2. The van der Waals surface area contributed by atoms with E-state index in [4.69, 9.17) is 9.47 Å². The summed E-state index contributed by atoms with van der Waals surface area (Å²) in [6, 6.07) is 11.6. The van der Waals surface area contributed by atoms with Crippen LogP contribution in [0.5, 0.6) is 11.5 Å². The molecule has 0 atom stereocenters. The molecule has 4 nitrogen and oxygen atoms in total. The summed E-state index contributed by atoms with van der Waals surface area (Å²) in [6.07, 6.45) is 0.977. The van der Waals surface area contributed by atoms with E-state index in [1.54, 1.807) is 14.2 Å². The minimum atomic E-state index is -0.0146. The topological polar surface area (TPSA) is 47.6 Å². The van der Waals surface area contributed by atoms with E-state index in [1.807, 2.05) is 43.3 Å². The van der Waals surface area contributed by atoms with Gasteiger partial charge in [0.25, 0.3) is 0 Å². The molecule has 0 unspecified atom stereocenters. The Morgan fingerprint density at radius 3 is 2.61 bits per heavy atom. The van der Waals surface area contributed by atoms with E-state index in [9.17, 15) is 4.79 Å². The second kappa shape index (κ2) is 8.19. The molecule has 0 aliphatic heterocycles. The Morgan fingerprint density at radius 2 is 1.96 bits per heavy atom. The number of carbonyl (C=O) groups is 1. The molecule has 2 aromatic carbocycles. The summed E-state index contributed by atoms with van der Waals surface area (Å²) in [7, 11) is 3.21. The Balaban J connectivity index is 2.02. The summed E-state index contributed by atoms with van der Waals surface area (Å²) < 4.78 is 11.8. The Kier molecular flexibility index (Phi) is 6.27. The predicted molar refractivity (Wildman–Crippen MR) is 100 cm³/mol. The lowest BCUT2D eigenvalue weighted by atomic mass is 10.1. The average Bonchev–Trinajstić information content (AvgIpc) is 2.55. The predicted octanol–water partition coefficient (Wildman–Crippen LogP) is 4.19. The molecule has 122 valence electrons. The van der Waals surface area contributed by atoms with E-state index in [1.165, 1.54) is 0 Å². The van der Waals surface area contributed by atoms with Crippen LogP contribution >= 0.6 is 22.6 Å². The van der Waals surface area contributed by atoms with Gasteiger partial charge in [-0.3, -0.25) is 4.79 Å². The van der Waals surface area contributed by atoms with Crippen molar-refractivity contribution >= 4 is 34.2 Å². The number of nitrogens with one attached hydrogen (secondary N) is 1. The lowest BCUT2D eigenvalue weighted by Gasteiger charge is -2.13. The quantitative estimate of drug-likeness (QED) is 0.707. The number of benzene rings is 2. The first-order valence-corrected chi connectivity index (χ1v) is 8.39. The molecule has 0 saturated heterocycles. The smallest absolute Gasteiger partial charge is 0.224 e. The summed E-state index contributed by atoms with van der Waals surface area (Å²) in [4.78, 5) is 12.2. The van der Waals surface area contributed by atoms with Crippen LogP contribution in [0.3, 0.4) is 0 Å². The largest absolute Gasteiger partial charge is 0.493 e. The second-order valence-corrected chi connectivity index (χ2v) is 6.41. The molecule has 0 fully saturated rings. The number of anilines is 1. The zero-order valence-corrected chi connectivity index (χ0v) is 15.6.